The summed E-state index contributed by atoms with van der Waals surface area (Å²) in [6, 6.07) is 0. The Balaban J connectivity index is 3.07. The number of rotatable bonds is 5. The summed E-state index contributed by atoms with van der Waals surface area (Å²) in [5, 5.41) is 0. The molecule has 1 heterocycles. The van der Waals surface area contributed by atoms with Gasteiger partial charge in [-0.1, -0.05) is 44.7 Å². The molecule has 1 heteroatoms. The van der Waals surface area contributed by atoms with Crippen LogP contribution < -0.4 is 0 Å². The molecule has 0 saturated heterocycles. The summed E-state index contributed by atoms with van der Waals surface area (Å²) in [5.41, 5.74) is 4.97. The van der Waals surface area contributed by atoms with Gasteiger partial charge in [0.2, 0.25) is 0 Å². The van der Waals surface area contributed by atoms with Gasteiger partial charge in [0.15, 0.2) is 0 Å². The van der Waals surface area contributed by atoms with Crippen LogP contribution in [0.25, 0.3) is 0 Å². The molecule has 0 aromatic carbocycles. The van der Waals surface area contributed by atoms with Crippen molar-refractivity contribution in [3.63, 3.8) is 0 Å². The van der Waals surface area contributed by atoms with Crippen LogP contribution in [0.15, 0.2) is 60.0 Å². The smallest absolute Gasteiger partial charge is 0.0470 e. The molecule has 0 aromatic heterocycles. The second-order valence-electron chi connectivity index (χ2n) is 4.45. The molecule has 0 aliphatic carbocycles. The van der Waals surface area contributed by atoms with E-state index < -0.39 is 0 Å². The van der Waals surface area contributed by atoms with E-state index in [0.717, 1.165) is 12.1 Å². The van der Waals surface area contributed by atoms with Crippen molar-refractivity contribution in [1.82, 2.24) is 4.90 Å². The van der Waals surface area contributed by atoms with E-state index in [0.29, 0.717) is 0 Å². The van der Waals surface area contributed by atoms with Gasteiger partial charge in [-0.25, -0.2) is 0 Å². The molecule has 92 valence electrons. The average Bonchev–Trinajstić information content (AvgIpc) is 2.31. The van der Waals surface area contributed by atoms with Gasteiger partial charge < -0.3 is 4.90 Å². The molecule has 1 aliphatic heterocycles. The number of likely N-dealkylation sites (N-methyl/N-ethyl adjacent to an activating group) is 1. The highest BCUT2D eigenvalue weighted by atomic mass is 15.1. The lowest BCUT2D eigenvalue weighted by Gasteiger charge is -2.29. The highest BCUT2D eigenvalue weighted by molar-refractivity contribution is 5.46. The molecule has 0 atom stereocenters. The molecule has 0 saturated carbocycles. The van der Waals surface area contributed by atoms with Crippen LogP contribution in [-0.2, 0) is 0 Å². The molecule has 0 N–H and O–H groups in total. The van der Waals surface area contributed by atoms with Crippen molar-refractivity contribution >= 4 is 0 Å². The predicted octanol–water partition coefficient (Wildman–Crippen LogP) is 4.58. The van der Waals surface area contributed by atoms with E-state index in [1.807, 2.05) is 6.08 Å². The third-order valence-corrected chi connectivity index (χ3v) is 3.09. The maximum absolute atomic E-state index is 4.05. The first kappa shape index (κ1) is 13.6. The molecule has 0 bridgehead atoms. The maximum Gasteiger partial charge on any atom is 0.0470 e. The summed E-state index contributed by atoms with van der Waals surface area (Å²) in [6.45, 7) is 12.2. The summed E-state index contributed by atoms with van der Waals surface area (Å²) in [6.07, 6.45) is 11.7. The van der Waals surface area contributed by atoms with Crippen molar-refractivity contribution in [2.24, 2.45) is 0 Å². The minimum Gasteiger partial charge on any atom is -0.345 e. The predicted molar refractivity (Wildman–Crippen MR) is 76.5 cm³/mol. The van der Waals surface area contributed by atoms with Crippen LogP contribution in [0, 0.1) is 0 Å². The molecule has 1 aliphatic rings. The van der Waals surface area contributed by atoms with E-state index in [4.69, 9.17) is 0 Å². The van der Waals surface area contributed by atoms with E-state index in [9.17, 15) is 0 Å². The first-order valence-corrected chi connectivity index (χ1v) is 6.25. The highest BCUT2D eigenvalue weighted by Crippen LogP contribution is 2.29. The van der Waals surface area contributed by atoms with Gasteiger partial charge in [0.25, 0.3) is 0 Å². The Hall–Kier alpha value is -1.50. The molecule has 17 heavy (non-hydrogen) atoms. The molecule has 0 radical (unpaired) electrons. The number of hydrogen-bond acceptors (Lipinski definition) is 1. The Morgan fingerprint density at radius 3 is 2.71 bits per heavy atom. The molecule has 0 aromatic rings. The minimum absolute atomic E-state index is 1.04. The molecule has 1 nitrogen and oxygen atoms in total. The van der Waals surface area contributed by atoms with E-state index >= 15 is 0 Å². The Morgan fingerprint density at radius 1 is 1.41 bits per heavy atom. The summed E-state index contributed by atoms with van der Waals surface area (Å²) in [4.78, 5) is 2.17. The Bertz CT molecular complexity index is 394. The van der Waals surface area contributed by atoms with Gasteiger partial charge in [0.05, 0.1) is 0 Å². The number of nitrogens with zero attached hydrogens (tertiary/aromatic N) is 1. The van der Waals surface area contributed by atoms with Gasteiger partial charge in [0, 0.05) is 18.4 Å². The van der Waals surface area contributed by atoms with E-state index in [1.165, 1.54) is 29.7 Å². The molecular weight excluding hydrogens is 206 g/mol. The van der Waals surface area contributed by atoms with Crippen LogP contribution in [0.1, 0.15) is 33.1 Å². The minimum atomic E-state index is 1.04. The first-order valence-electron chi connectivity index (χ1n) is 6.25. The van der Waals surface area contributed by atoms with E-state index in [-0.39, 0.29) is 0 Å². The number of unbranched alkanes of at least 4 members (excludes halogenated alkanes) is 1. The fourth-order valence-electron chi connectivity index (χ4n) is 2.08. The van der Waals surface area contributed by atoms with Crippen molar-refractivity contribution in [1.29, 1.82) is 0 Å². The second-order valence-corrected chi connectivity index (χ2v) is 4.45. The Kier molecular flexibility index (Phi) is 5.02. The van der Waals surface area contributed by atoms with Gasteiger partial charge >= 0.3 is 0 Å². The van der Waals surface area contributed by atoms with Crippen LogP contribution in [0.4, 0.5) is 0 Å². The van der Waals surface area contributed by atoms with Crippen molar-refractivity contribution < 1.29 is 0 Å². The fourth-order valence-corrected chi connectivity index (χ4v) is 2.08. The zero-order valence-corrected chi connectivity index (χ0v) is 11.3. The third kappa shape index (κ3) is 3.23. The Morgan fingerprint density at radius 2 is 2.12 bits per heavy atom. The normalized spacial score (nSPS) is 16.8. The van der Waals surface area contributed by atoms with Crippen LogP contribution in [0.2, 0.25) is 0 Å². The summed E-state index contributed by atoms with van der Waals surface area (Å²) >= 11 is 0. The van der Waals surface area contributed by atoms with Crippen LogP contribution in [-0.4, -0.2) is 11.9 Å². The lowest BCUT2D eigenvalue weighted by Crippen LogP contribution is -2.20. The number of hydrogen-bond donors (Lipinski definition) is 0. The lowest BCUT2D eigenvalue weighted by molar-refractivity contribution is 0.528. The second kappa shape index (κ2) is 6.29. The van der Waals surface area contributed by atoms with E-state index in [2.05, 4.69) is 57.2 Å². The SMILES string of the molecule is C=C/C=C(/CCCC)C1=C(C)C=CC(=C)N1C. The van der Waals surface area contributed by atoms with Crippen LogP contribution >= 0.6 is 0 Å². The van der Waals surface area contributed by atoms with Gasteiger partial charge in [0.1, 0.15) is 0 Å². The van der Waals surface area contributed by atoms with Gasteiger partial charge in [-0.2, -0.15) is 0 Å². The zero-order valence-electron chi connectivity index (χ0n) is 11.3. The molecule has 0 amide bonds. The zero-order chi connectivity index (χ0) is 12.8. The molecule has 0 unspecified atom stereocenters. The molecule has 0 fully saturated rings. The summed E-state index contributed by atoms with van der Waals surface area (Å²) in [5.74, 6) is 0. The van der Waals surface area contributed by atoms with Gasteiger partial charge in [-0.3, -0.25) is 0 Å². The lowest BCUT2D eigenvalue weighted by atomic mass is 9.97. The first-order chi connectivity index (χ1) is 8.11. The summed E-state index contributed by atoms with van der Waals surface area (Å²) in [7, 11) is 2.08. The average molecular weight is 229 g/mol. The summed E-state index contributed by atoms with van der Waals surface area (Å²) < 4.78 is 0. The quantitative estimate of drug-likeness (QED) is 0.624. The largest absolute Gasteiger partial charge is 0.345 e. The van der Waals surface area contributed by atoms with E-state index in [1.54, 1.807) is 0 Å². The standard InChI is InChI=1S/C16H23N/c1-6-8-10-15(9-7-2)16-13(3)11-12-14(4)17(16)5/h7,9,11-12H,2,4,6,8,10H2,1,3,5H3/b15-9-. The van der Waals surface area contributed by atoms with Crippen LogP contribution in [0.5, 0.6) is 0 Å². The highest BCUT2D eigenvalue weighted by Gasteiger charge is 2.16. The fraction of sp³-hybridized carbons (Fsp3) is 0.375. The van der Waals surface area contributed by atoms with Crippen molar-refractivity contribution in [3.05, 3.63) is 60.0 Å². The Labute approximate surface area is 106 Å². The van der Waals surface area contributed by atoms with Crippen molar-refractivity contribution in [2.75, 3.05) is 7.05 Å². The molecule has 0 spiro atoms. The van der Waals surface area contributed by atoms with Gasteiger partial charge in [-0.05, 0) is 37.0 Å². The maximum atomic E-state index is 4.05. The monoisotopic (exact) mass is 229 g/mol. The molecular formula is C16H23N. The van der Waals surface area contributed by atoms with Crippen molar-refractivity contribution in [2.45, 2.75) is 33.1 Å². The topological polar surface area (TPSA) is 3.24 Å². The third-order valence-electron chi connectivity index (χ3n) is 3.09. The number of allylic oxidation sites excluding steroid dienone is 6. The van der Waals surface area contributed by atoms with Crippen molar-refractivity contribution in [3.8, 4) is 0 Å². The van der Waals surface area contributed by atoms with Crippen LogP contribution in [0.3, 0.4) is 0 Å². The molecule has 1 rings (SSSR count). The van der Waals surface area contributed by atoms with Gasteiger partial charge in [-0.15, -0.1) is 0 Å².